The molecule has 0 radical (unpaired) electrons. The van der Waals surface area contributed by atoms with Gasteiger partial charge >= 0.3 is 0 Å². The molecule has 1 amide bonds. The van der Waals surface area contributed by atoms with Gasteiger partial charge in [-0.15, -0.1) is 0 Å². The maximum atomic E-state index is 12.3. The summed E-state index contributed by atoms with van der Waals surface area (Å²) in [6.45, 7) is 2.95. The zero-order valence-corrected chi connectivity index (χ0v) is 12.6. The van der Waals surface area contributed by atoms with E-state index >= 15 is 0 Å². The molecule has 1 unspecified atom stereocenters. The number of anilines is 1. The summed E-state index contributed by atoms with van der Waals surface area (Å²) in [7, 11) is 0. The van der Waals surface area contributed by atoms with Crippen molar-refractivity contribution in [2.24, 2.45) is 0 Å². The van der Waals surface area contributed by atoms with Crippen LogP contribution in [0.4, 0.5) is 5.69 Å². The van der Waals surface area contributed by atoms with E-state index in [-0.39, 0.29) is 5.91 Å². The molecule has 2 N–H and O–H groups in total. The molecule has 0 aliphatic carbocycles. The van der Waals surface area contributed by atoms with Crippen LogP contribution in [0.1, 0.15) is 26.2 Å². The van der Waals surface area contributed by atoms with Gasteiger partial charge in [-0.3, -0.25) is 4.79 Å². The van der Waals surface area contributed by atoms with Crippen molar-refractivity contribution in [1.82, 2.24) is 5.32 Å². The first kappa shape index (κ1) is 13.8. The summed E-state index contributed by atoms with van der Waals surface area (Å²) in [5, 5.41) is 6.91. The molecule has 1 aromatic rings. The lowest BCUT2D eigenvalue weighted by atomic mass is 9.93. The van der Waals surface area contributed by atoms with E-state index in [0.29, 0.717) is 5.02 Å². The van der Waals surface area contributed by atoms with E-state index in [1.54, 1.807) is 6.07 Å². The summed E-state index contributed by atoms with van der Waals surface area (Å²) >= 11 is 9.28. The van der Waals surface area contributed by atoms with Gasteiger partial charge in [0.15, 0.2) is 0 Å². The van der Waals surface area contributed by atoms with Crippen molar-refractivity contribution in [3.8, 4) is 0 Å². The van der Waals surface area contributed by atoms with Gasteiger partial charge in [0.05, 0.1) is 10.6 Å². The highest BCUT2D eigenvalue weighted by molar-refractivity contribution is 9.10. The fourth-order valence-corrected chi connectivity index (χ4v) is 2.78. The zero-order valence-electron chi connectivity index (χ0n) is 10.2. The second kappa shape index (κ2) is 5.59. The number of nitrogens with one attached hydrogen (secondary N) is 2. The number of hydrogen-bond acceptors (Lipinski definition) is 2. The van der Waals surface area contributed by atoms with Crippen molar-refractivity contribution in [2.45, 2.75) is 31.7 Å². The van der Waals surface area contributed by atoms with E-state index in [1.807, 2.05) is 19.1 Å². The predicted octanol–water partition coefficient (Wildman–Crippen LogP) is 3.57. The number of carbonyl (C=O) groups is 1. The molecule has 1 saturated heterocycles. The van der Waals surface area contributed by atoms with Crippen molar-refractivity contribution in [3.05, 3.63) is 27.7 Å². The third-order valence-electron chi connectivity index (χ3n) is 3.46. The number of halogens is 2. The van der Waals surface area contributed by atoms with Crippen LogP contribution in [-0.2, 0) is 4.79 Å². The minimum Gasteiger partial charge on any atom is -0.324 e. The van der Waals surface area contributed by atoms with Gasteiger partial charge in [0.2, 0.25) is 5.91 Å². The Hall–Kier alpha value is -0.580. The predicted molar refractivity (Wildman–Crippen MR) is 78.0 cm³/mol. The van der Waals surface area contributed by atoms with Crippen LogP contribution in [0.25, 0.3) is 0 Å². The van der Waals surface area contributed by atoms with Crippen LogP contribution in [0.2, 0.25) is 5.02 Å². The Balaban J connectivity index is 2.13. The van der Waals surface area contributed by atoms with Crippen LogP contribution in [0.15, 0.2) is 22.7 Å². The summed E-state index contributed by atoms with van der Waals surface area (Å²) in [6.07, 6.45) is 2.74. The lowest BCUT2D eigenvalue weighted by molar-refractivity contribution is -0.122. The Morgan fingerprint density at radius 3 is 2.94 bits per heavy atom. The Morgan fingerprint density at radius 2 is 2.39 bits per heavy atom. The van der Waals surface area contributed by atoms with Gasteiger partial charge in [0, 0.05) is 10.2 Å². The smallest absolute Gasteiger partial charge is 0.244 e. The number of hydrogen-bond donors (Lipinski definition) is 2. The summed E-state index contributed by atoms with van der Waals surface area (Å²) in [5.41, 5.74) is 0.351. The van der Waals surface area contributed by atoms with Crippen molar-refractivity contribution >= 4 is 39.1 Å². The monoisotopic (exact) mass is 330 g/mol. The molecule has 98 valence electrons. The Labute approximate surface area is 120 Å². The van der Waals surface area contributed by atoms with Crippen LogP contribution in [-0.4, -0.2) is 18.0 Å². The molecule has 1 aliphatic rings. The summed E-state index contributed by atoms with van der Waals surface area (Å²) in [6, 6.07) is 5.39. The Kier molecular flexibility index (Phi) is 4.30. The van der Waals surface area contributed by atoms with E-state index in [2.05, 4.69) is 26.6 Å². The molecule has 0 spiro atoms. The van der Waals surface area contributed by atoms with Crippen LogP contribution >= 0.6 is 27.5 Å². The SMILES string of the molecule is CCC1(C(=O)Nc2ccc(Cl)c(Br)c2)CCCN1. The molecule has 1 heterocycles. The number of amides is 1. The maximum absolute atomic E-state index is 12.3. The van der Waals surface area contributed by atoms with Crippen molar-refractivity contribution in [1.29, 1.82) is 0 Å². The third-order valence-corrected chi connectivity index (χ3v) is 4.67. The first-order chi connectivity index (χ1) is 8.57. The number of carbonyl (C=O) groups excluding carboxylic acids is 1. The highest BCUT2D eigenvalue weighted by Crippen LogP contribution is 2.28. The van der Waals surface area contributed by atoms with Gasteiger partial charge in [0.1, 0.15) is 0 Å². The number of rotatable bonds is 3. The fraction of sp³-hybridized carbons (Fsp3) is 0.462. The Morgan fingerprint density at radius 1 is 1.61 bits per heavy atom. The standard InChI is InChI=1S/C13H16BrClN2O/c1-2-13(6-3-7-16-13)12(18)17-9-4-5-11(15)10(14)8-9/h4-5,8,16H,2-3,6-7H2,1H3,(H,17,18). The molecule has 2 rings (SSSR count). The largest absolute Gasteiger partial charge is 0.324 e. The van der Waals surface area contributed by atoms with Gasteiger partial charge in [-0.2, -0.15) is 0 Å². The molecule has 5 heteroatoms. The minimum absolute atomic E-state index is 0.0386. The van der Waals surface area contributed by atoms with E-state index in [4.69, 9.17) is 11.6 Å². The van der Waals surface area contributed by atoms with E-state index in [1.165, 1.54) is 0 Å². The average molecular weight is 332 g/mol. The third kappa shape index (κ3) is 2.71. The second-order valence-corrected chi connectivity index (χ2v) is 5.81. The van der Waals surface area contributed by atoms with Gasteiger partial charge in [-0.25, -0.2) is 0 Å². The maximum Gasteiger partial charge on any atom is 0.244 e. The zero-order chi connectivity index (χ0) is 13.2. The van der Waals surface area contributed by atoms with Gasteiger partial charge in [0.25, 0.3) is 0 Å². The fourth-order valence-electron chi connectivity index (χ4n) is 2.29. The van der Waals surface area contributed by atoms with Gasteiger partial charge in [-0.1, -0.05) is 18.5 Å². The molecule has 0 bridgehead atoms. The van der Waals surface area contributed by atoms with Crippen molar-refractivity contribution in [3.63, 3.8) is 0 Å². The van der Waals surface area contributed by atoms with Crippen molar-refractivity contribution < 1.29 is 4.79 Å². The molecule has 3 nitrogen and oxygen atoms in total. The molecule has 1 atom stereocenters. The van der Waals surface area contributed by atoms with E-state index in [9.17, 15) is 4.79 Å². The lowest BCUT2D eigenvalue weighted by Crippen LogP contribution is -2.50. The Bertz CT molecular complexity index is 458. The summed E-state index contributed by atoms with van der Waals surface area (Å²) in [4.78, 5) is 12.3. The topological polar surface area (TPSA) is 41.1 Å². The second-order valence-electron chi connectivity index (χ2n) is 4.55. The van der Waals surface area contributed by atoms with Crippen LogP contribution in [0, 0.1) is 0 Å². The molecule has 1 fully saturated rings. The van der Waals surface area contributed by atoms with E-state index < -0.39 is 5.54 Å². The first-order valence-electron chi connectivity index (χ1n) is 6.09. The van der Waals surface area contributed by atoms with Crippen LogP contribution in [0.3, 0.4) is 0 Å². The van der Waals surface area contributed by atoms with Crippen LogP contribution in [0.5, 0.6) is 0 Å². The molecular weight excluding hydrogens is 316 g/mol. The molecule has 1 aromatic carbocycles. The lowest BCUT2D eigenvalue weighted by Gasteiger charge is -2.26. The molecule has 0 saturated carbocycles. The van der Waals surface area contributed by atoms with E-state index in [0.717, 1.165) is 36.0 Å². The minimum atomic E-state index is -0.411. The molecule has 1 aliphatic heterocycles. The summed E-state index contributed by atoms with van der Waals surface area (Å²) < 4.78 is 0.784. The molecule has 0 aromatic heterocycles. The first-order valence-corrected chi connectivity index (χ1v) is 7.26. The normalized spacial score (nSPS) is 23.1. The summed E-state index contributed by atoms with van der Waals surface area (Å²) in [5.74, 6) is 0.0386. The average Bonchev–Trinajstić information content (AvgIpc) is 2.84. The van der Waals surface area contributed by atoms with Gasteiger partial charge < -0.3 is 10.6 Å². The van der Waals surface area contributed by atoms with Gasteiger partial charge in [-0.05, 0) is 59.9 Å². The van der Waals surface area contributed by atoms with Crippen molar-refractivity contribution in [2.75, 3.05) is 11.9 Å². The van der Waals surface area contributed by atoms with Crippen LogP contribution < -0.4 is 10.6 Å². The highest BCUT2D eigenvalue weighted by Gasteiger charge is 2.39. The molecule has 18 heavy (non-hydrogen) atoms. The molecular formula is C13H16BrClN2O. The quantitative estimate of drug-likeness (QED) is 0.889. The number of benzene rings is 1. The highest BCUT2D eigenvalue weighted by atomic mass is 79.9.